The summed E-state index contributed by atoms with van der Waals surface area (Å²) in [6.45, 7) is 4.28. The summed E-state index contributed by atoms with van der Waals surface area (Å²) in [7, 11) is 0. The minimum absolute atomic E-state index is 0.00941. The molecular weight excluding hydrogens is 374 g/mol. The molecule has 148 valence electrons. The van der Waals surface area contributed by atoms with Crippen molar-refractivity contribution in [1.29, 1.82) is 0 Å². The fourth-order valence-corrected chi connectivity index (χ4v) is 3.14. The van der Waals surface area contributed by atoms with Gasteiger partial charge in [-0.15, -0.1) is 5.10 Å². The van der Waals surface area contributed by atoms with Crippen molar-refractivity contribution in [3.05, 3.63) is 65.7 Å². The molecule has 0 radical (unpaired) electrons. The third kappa shape index (κ3) is 3.61. The van der Waals surface area contributed by atoms with Crippen molar-refractivity contribution >= 4 is 22.8 Å². The van der Waals surface area contributed by atoms with Gasteiger partial charge in [-0.1, -0.05) is 36.4 Å². The maximum absolute atomic E-state index is 14.6. The van der Waals surface area contributed by atoms with Crippen LogP contribution in [-0.4, -0.2) is 25.8 Å². The number of anilines is 2. The van der Waals surface area contributed by atoms with Gasteiger partial charge in [-0.05, 0) is 31.5 Å². The molecule has 6 nitrogen and oxygen atoms in total. The van der Waals surface area contributed by atoms with E-state index in [9.17, 15) is 8.78 Å². The molecule has 0 atom stereocenters. The fraction of sp³-hybridized carbons (Fsp3) is 0.190. The van der Waals surface area contributed by atoms with Gasteiger partial charge in [0.2, 0.25) is 5.95 Å². The summed E-state index contributed by atoms with van der Waals surface area (Å²) in [6.07, 6.45) is 0. The van der Waals surface area contributed by atoms with Crippen LogP contribution in [0.15, 0.2) is 48.5 Å². The van der Waals surface area contributed by atoms with Gasteiger partial charge in [0.1, 0.15) is 5.82 Å². The SMILES string of the molecule is CC(C)Nc1nc(-c2cccc(F)c2F)c2c(N)n(Cc3ccccc3)nc2n1. The van der Waals surface area contributed by atoms with E-state index in [1.165, 1.54) is 12.1 Å². The molecule has 0 bridgehead atoms. The maximum atomic E-state index is 14.6. The summed E-state index contributed by atoms with van der Waals surface area (Å²) in [5, 5.41) is 7.98. The van der Waals surface area contributed by atoms with Crippen molar-refractivity contribution < 1.29 is 8.78 Å². The quantitative estimate of drug-likeness (QED) is 0.530. The Hall–Kier alpha value is -3.55. The number of nitrogens with zero attached hydrogens (tertiary/aromatic N) is 4. The lowest BCUT2D eigenvalue weighted by molar-refractivity contribution is 0.511. The summed E-state index contributed by atoms with van der Waals surface area (Å²) >= 11 is 0. The number of hydrogen-bond acceptors (Lipinski definition) is 5. The van der Waals surface area contributed by atoms with Crippen LogP contribution >= 0.6 is 0 Å². The Morgan fingerprint density at radius 3 is 2.52 bits per heavy atom. The highest BCUT2D eigenvalue weighted by molar-refractivity contribution is 5.99. The van der Waals surface area contributed by atoms with Crippen LogP contribution in [0.25, 0.3) is 22.3 Å². The molecule has 29 heavy (non-hydrogen) atoms. The Kier molecular flexibility index (Phi) is 4.84. The van der Waals surface area contributed by atoms with Gasteiger partial charge in [0, 0.05) is 11.6 Å². The van der Waals surface area contributed by atoms with E-state index < -0.39 is 11.6 Å². The zero-order chi connectivity index (χ0) is 20.5. The fourth-order valence-electron chi connectivity index (χ4n) is 3.14. The molecule has 4 aromatic rings. The predicted octanol–water partition coefficient (Wildman–Crippen LogP) is 4.22. The molecular formula is C21H20F2N6. The zero-order valence-electron chi connectivity index (χ0n) is 16.0. The summed E-state index contributed by atoms with van der Waals surface area (Å²) in [4.78, 5) is 8.86. The summed E-state index contributed by atoms with van der Waals surface area (Å²) < 4.78 is 30.0. The molecule has 0 unspecified atom stereocenters. The molecule has 0 aliphatic heterocycles. The Labute approximate surface area is 166 Å². The first-order valence-corrected chi connectivity index (χ1v) is 9.23. The van der Waals surface area contributed by atoms with E-state index in [4.69, 9.17) is 5.73 Å². The molecule has 0 amide bonds. The summed E-state index contributed by atoms with van der Waals surface area (Å²) in [5.74, 6) is -1.38. The van der Waals surface area contributed by atoms with Crippen molar-refractivity contribution in [2.75, 3.05) is 11.1 Å². The largest absolute Gasteiger partial charge is 0.383 e. The molecule has 0 aliphatic carbocycles. The molecule has 2 heterocycles. The van der Waals surface area contributed by atoms with E-state index in [1.54, 1.807) is 4.68 Å². The van der Waals surface area contributed by atoms with Crippen molar-refractivity contribution in [2.45, 2.75) is 26.4 Å². The van der Waals surface area contributed by atoms with E-state index >= 15 is 0 Å². The first kappa shape index (κ1) is 18.8. The highest BCUT2D eigenvalue weighted by Gasteiger charge is 2.22. The van der Waals surface area contributed by atoms with Gasteiger partial charge in [0.05, 0.1) is 17.6 Å². The lowest BCUT2D eigenvalue weighted by atomic mass is 10.1. The number of benzene rings is 2. The number of nitrogens with two attached hydrogens (primary N) is 1. The number of hydrogen-bond donors (Lipinski definition) is 2. The van der Waals surface area contributed by atoms with Crippen LogP contribution in [0.5, 0.6) is 0 Å². The maximum Gasteiger partial charge on any atom is 0.225 e. The third-order valence-corrected chi connectivity index (χ3v) is 4.44. The lowest BCUT2D eigenvalue weighted by Gasteiger charge is -2.11. The number of aromatic nitrogens is 4. The van der Waals surface area contributed by atoms with Crippen LogP contribution in [0.4, 0.5) is 20.5 Å². The molecule has 8 heteroatoms. The van der Waals surface area contributed by atoms with E-state index in [0.29, 0.717) is 23.4 Å². The van der Waals surface area contributed by atoms with Crippen molar-refractivity contribution in [1.82, 2.24) is 19.7 Å². The van der Waals surface area contributed by atoms with Crippen molar-refractivity contribution in [3.8, 4) is 11.3 Å². The number of halogens is 2. The van der Waals surface area contributed by atoms with E-state index in [2.05, 4.69) is 20.4 Å². The second-order valence-electron chi connectivity index (χ2n) is 7.02. The number of fused-ring (bicyclic) bond motifs is 1. The highest BCUT2D eigenvalue weighted by atomic mass is 19.2. The molecule has 0 fully saturated rings. The standard InChI is InChI=1S/C21H20F2N6/c1-12(2)25-21-26-18(14-9-6-10-15(22)17(14)23)16-19(24)29(28-20(16)27-21)11-13-7-4-3-5-8-13/h3-10,12H,11,24H2,1-2H3,(H,25,27,28). The Morgan fingerprint density at radius 2 is 1.79 bits per heavy atom. The molecule has 0 saturated carbocycles. The second-order valence-corrected chi connectivity index (χ2v) is 7.02. The van der Waals surface area contributed by atoms with E-state index in [-0.39, 0.29) is 23.2 Å². The Morgan fingerprint density at radius 1 is 1.03 bits per heavy atom. The summed E-state index contributed by atoms with van der Waals surface area (Å²) in [6, 6.07) is 13.7. The van der Waals surface area contributed by atoms with Gasteiger partial charge >= 0.3 is 0 Å². The monoisotopic (exact) mass is 394 g/mol. The molecule has 2 aromatic carbocycles. The normalized spacial score (nSPS) is 11.3. The number of nitrogen functional groups attached to an aromatic ring is 1. The summed E-state index contributed by atoms with van der Waals surface area (Å²) in [5.41, 5.74) is 7.87. The van der Waals surface area contributed by atoms with E-state index in [1.807, 2.05) is 44.2 Å². The Bertz CT molecular complexity index is 1170. The van der Waals surface area contributed by atoms with Gasteiger partial charge in [0.25, 0.3) is 0 Å². The zero-order valence-corrected chi connectivity index (χ0v) is 16.0. The van der Waals surface area contributed by atoms with Gasteiger partial charge in [-0.25, -0.2) is 18.4 Å². The van der Waals surface area contributed by atoms with Crippen LogP contribution in [0.1, 0.15) is 19.4 Å². The molecule has 4 rings (SSSR count). The third-order valence-electron chi connectivity index (χ3n) is 4.44. The van der Waals surface area contributed by atoms with Gasteiger partial charge < -0.3 is 11.1 Å². The van der Waals surface area contributed by atoms with Crippen LogP contribution in [0.3, 0.4) is 0 Å². The minimum atomic E-state index is -0.988. The molecule has 0 saturated heterocycles. The molecule has 0 aliphatic rings. The average molecular weight is 394 g/mol. The van der Waals surface area contributed by atoms with Gasteiger partial charge in [-0.2, -0.15) is 4.98 Å². The molecule has 2 aromatic heterocycles. The van der Waals surface area contributed by atoms with Crippen molar-refractivity contribution in [2.24, 2.45) is 0 Å². The van der Waals surface area contributed by atoms with Gasteiger partial charge in [-0.3, -0.25) is 0 Å². The molecule has 3 N–H and O–H groups in total. The van der Waals surface area contributed by atoms with E-state index in [0.717, 1.165) is 11.6 Å². The molecule has 0 spiro atoms. The van der Waals surface area contributed by atoms with Crippen LogP contribution in [0.2, 0.25) is 0 Å². The second kappa shape index (κ2) is 7.46. The number of rotatable bonds is 5. The van der Waals surface area contributed by atoms with Gasteiger partial charge in [0.15, 0.2) is 17.3 Å². The predicted molar refractivity (Wildman–Crippen MR) is 109 cm³/mol. The Balaban J connectivity index is 1.93. The lowest BCUT2D eigenvalue weighted by Crippen LogP contribution is -2.13. The highest BCUT2D eigenvalue weighted by Crippen LogP contribution is 2.33. The minimum Gasteiger partial charge on any atom is -0.383 e. The van der Waals surface area contributed by atoms with Crippen LogP contribution < -0.4 is 11.1 Å². The first-order valence-electron chi connectivity index (χ1n) is 9.23. The van der Waals surface area contributed by atoms with Crippen molar-refractivity contribution in [3.63, 3.8) is 0 Å². The average Bonchev–Trinajstić information content (AvgIpc) is 2.99. The topological polar surface area (TPSA) is 81.6 Å². The number of nitrogens with one attached hydrogen (secondary N) is 1. The smallest absolute Gasteiger partial charge is 0.225 e. The van der Waals surface area contributed by atoms with Crippen LogP contribution in [0, 0.1) is 11.6 Å². The van der Waals surface area contributed by atoms with Crippen LogP contribution in [-0.2, 0) is 6.54 Å². The first-order chi connectivity index (χ1) is 13.9.